The molecule has 2 heterocycles. The molecule has 6 nitrogen and oxygen atoms in total. The molecule has 136 valence electrons. The van der Waals surface area contributed by atoms with E-state index in [1.807, 2.05) is 38.1 Å². The van der Waals surface area contributed by atoms with Crippen molar-refractivity contribution < 1.29 is 19.0 Å². The number of carbonyl (C=O) groups is 1. The van der Waals surface area contributed by atoms with Gasteiger partial charge in [0.2, 0.25) is 5.88 Å². The molecule has 0 unspecified atom stereocenters. The molecule has 0 aliphatic heterocycles. The van der Waals surface area contributed by atoms with Crippen molar-refractivity contribution in [3.05, 3.63) is 40.5 Å². The SMILES string of the molecule is CCOC(=O)c1sc2nc(C)nc(Oc3ccc(OCC)cc3)c2c1C. The number of hydrogen-bond donors (Lipinski definition) is 0. The Labute approximate surface area is 155 Å². The van der Waals surface area contributed by atoms with E-state index in [2.05, 4.69) is 9.97 Å². The van der Waals surface area contributed by atoms with E-state index in [1.54, 1.807) is 13.8 Å². The third-order valence-corrected chi connectivity index (χ3v) is 4.84. The maximum absolute atomic E-state index is 12.2. The van der Waals surface area contributed by atoms with Gasteiger partial charge in [0.1, 0.15) is 27.0 Å². The van der Waals surface area contributed by atoms with Crippen LogP contribution >= 0.6 is 11.3 Å². The molecule has 7 heteroatoms. The van der Waals surface area contributed by atoms with E-state index in [4.69, 9.17) is 14.2 Å². The van der Waals surface area contributed by atoms with Gasteiger partial charge in [-0.3, -0.25) is 0 Å². The minimum Gasteiger partial charge on any atom is -0.494 e. The van der Waals surface area contributed by atoms with Crippen LogP contribution < -0.4 is 9.47 Å². The Morgan fingerprint density at radius 3 is 2.38 bits per heavy atom. The largest absolute Gasteiger partial charge is 0.494 e. The summed E-state index contributed by atoms with van der Waals surface area (Å²) < 4.78 is 16.6. The predicted octanol–water partition coefficient (Wildman–Crippen LogP) is 4.68. The van der Waals surface area contributed by atoms with Crippen molar-refractivity contribution in [3.8, 4) is 17.4 Å². The van der Waals surface area contributed by atoms with Gasteiger partial charge in [-0.2, -0.15) is 4.98 Å². The van der Waals surface area contributed by atoms with Crippen molar-refractivity contribution >= 4 is 27.5 Å². The van der Waals surface area contributed by atoms with Crippen LogP contribution in [0.2, 0.25) is 0 Å². The molecule has 2 aromatic heterocycles. The summed E-state index contributed by atoms with van der Waals surface area (Å²) in [4.78, 5) is 22.3. The topological polar surface area (TPSA) is 70.5 Å². The van der Waals surface area contributed by atoms with Crippen LogP contribution in [-0.2, 0) is 4.74 Å². The highest BCUT2D eigenvalue weighted by Crippen LogP contribution is 2.37. The summed E-state index contributed by atoms with van der Waals surface area (Å²) in [5.74, 6) is 2.07. The number of hydrogen-bond acceptors (Lipinski definition) is 7. The Kier molecular flexibility index (Phi) is 5.37. The van der Waals surface area contributed by atoms with Crippen LogP contribution in [0.5, 0.6) is 17.4 Å². The lowest BCUT2D eigenvalue weighted by Gasteiger charge is -2.09. The number of fused-ring (bicyclic) bond motifs is 1. The van der Waals surface area contributed by atoms with Gasteiger partial charge >= 0.3 is 5.97 Å². The van der Waals surface area contributed by atoms with E-state index in [9.17, 15) is 4.79 Å². The molecule has 0 saturated carbocycles. The van der Waals surface area contributed by atoms with E-state index in [1.165, 1.54) is 11.3 Å². The Morgan fingerprint density at radius 1 is 1.04 bits per heavy atom. The van der Waals surface area contributed by atoms with Crippen LogP contribution in [-0.4, -0.2) is 29.2 Å². The minimum absolute atomic E-state index is 0.326. The number of ether oxygens (including phenoxy) is 3. The maximum atomic E-state index is 12.2. The first-order valence-corrected chi connectivity index (χ1v) is 9.20. The molecule has 0 bridgehead atoms. The van der Waals surface area contributed by atoms with Crippen molar-refractivity contribution in [2.75, 3.05) is 13.2 Å². The van der Waals surface area contributed by atoms with Crippen LogP contribution in [0.15, 0.2) is 24.3 Å². The fourth-order valence-electron chi connectivity index (χ4n) is 2.55. The van der Waals surface area contributed by atoms with Crippen LogP contribution in [0.3, 0.4) is 0 Å². The molecular formula is C19H20N2O4S. The molecule has 26 heavy (non-hydrogen) atoms. The second kappa shape index (κ2) is 7.70. The van der Waals surface area contributed by atoms with Gasteiger partial charge in [-0.1, -0.05) is 0 Å². The quantitative estimate of drug-likeness (QED) is 0.585. The summed E-state index contributed by atoms with van der Waals surface area (Å²) in [7, 11) is 0. The standard InChI is InChI=1S/C19H20N2O4S/c1-5-23-13-7-9-14(10-8-13)25-17-15-11(3)16(19(22)24-6-2)26-18(15)21-12(4)20-17/h7-10H,5-6H2,1-4H3. The Hall–Kier alpha value is -2.67. The third-order valence-electron chi connectivity index (χ3n) is 3.68. The lowest BCUT2D eigenvalue weighted by molar-refractivity contribution is 0.0531. The van der Waals surface area contributed by atoms with Crippen molar-refractivity contribution in [3.63, 3.8) is 0 Å². The van der Waals surface area contributed by atoms with Crippen molar-refractivity contribution in [2.24, 2.45) is 0 Å². The molecule has 3 aromatic rings. The van der Waals surface area contributed by atoms with Gasteiger partial charge in [-0.25, -0.2) is 9.78 Å². The first-order valence-electron chi connectivity index (χ1n) is 8.39. The Bertz CT molecular complexity index is 935. The fourth-order valence-corrected chi connectivity index (χ4v) is 3.66. The van der Waals surface area contributed by atoms with Crippen LogP contribution in [0.25, 0.3) is 10.2 Å². The monoisotopic (exact) mass is 372 g/mol. The molecule has 0 amide bonds. The van der Waals surface area contributed by atoms with Crippen LogP contribution in [0.4, 0.5) is 0 Å². The summed E-state index contributed by atoms with van der Waals surface area (Å²) in [6.45, 7) is 8.30. The number of carbonyl (C=O) groups excluding carboxylic acids is 1. The second-order valence-electron chi connectivity index (χ2n) is 5.54. The highest BCUT2D eigenvalue weighted by atomic mass is 32.1. The molecular weight excluding hydrogens is 352 g/mol. The normalized spacial score (nSPS) is 10.8. The van der Waals surface area contributed by atoms with Crippen molar-refractivity contribution in [2.45, 2.75) is 27.7 Å². The summed E-state index contributed by atoms with van der Waals surface area (Å²) in [5, 5.41) is 0.734. The number of nitrogens with zero attached hydrogens (tertiary/aromatic N) is 2. The first-order chi connectivity index (χ1) is 12.5. The van der Waals surface area contributed by atoms with Gasteiger partial charge in [0.05, 0.1) is 18.6 Å². The van der Waals surface area contributed by atoms with Gasteiger partial charge in [0, 0.05) is 0 Å². The zero-order valence-electron chi connectivity index (χ0n) is 15.2. The van der Waals surface area contributed by atoms with Gasteiger partial charge in [0.25, 0.3) is 0 Å². The first kappa shape index (κ1) is 18.1. The number of thiophene rings is 1. The molecule has 0 aliphatic carbocycles. The van der Waals surface area contributed by atoms with E-state index in [0.29, 0.717) is 40.4 Å². The molecule has 3 rings (SSSR count). The van der Waals surface area contributed by atoms with Gasteiger partial charge in [-0.15, -0.1) is 11.3 Å². The highest BCUT2D eigenvalue weighted by molar-refractivity contribution is 7.20. The summed E-state index contributed by atoms with van der Waals surface area (Å²) in [6, 6.07) is 7.33. The minimum atomic E-state index is -0.349. The van der Waals surface area contributed by atoms with Gasteiger partial charge in [-0.05, 0) is 57.5 Å². The third kappa shape index (κ3) is 3.62. The highest BCUT2D eigenvalue weighted by Gasteiger charge is 2.22. The molecule has 0 radical (unpaired) electrons. The van der Waals surface area contributed by atoms with Crippen LogP contribution in [0.1, 0.15) is 34.9 Å². The molecule has 0 N–H and O–H groups in total. The molecule has 0 saturated heterocycles. The molecule has 0 aliphatic rings. The lowest BCUT2D eigenvalue weighted by Crippen LogP contribution is -2.03. The molecule has 0 atom stereocenters. The number of aromatic nitrogens is 2. The molecule has 1 aromatic carbocycles. The predicted molar refractivity (Wildman–Crippen MR) is 101 cm³/mol. The zero-order chi connectivity index (χ0) is 18.7. The average Bonchev–Trinajstić information content (AvgIpc) is 2.94. The molecule has 0 fully saturated rings. The van der Waals surface area contributed by atoms with E-state index in [0.717, 1.165) is 16.7 Å². The second-order valence-corrected chi connectivity index (χ2v) is 6.54. The molecule has 0 spiro atoms. The van der Waals surface area contributed by atoms with Crippen LogP contribution in [0, 0.1) is 13.8 Å². The van der Waals surface area contributed by atoms with E-state index >= 15 is 0 Å². The van der Waals surface area contributed by atoms with Crippen molar-refractivity contribution in [1.29, 1.82) is 0 Å². The maximum Gasteiger partial charge on any atom is 0.348 e. The average molecular weight is 372 g/mol. The number of benzene rings is 1. The summed E-state index contributed by atoms with van der Waals surface area (Å²) >= 11 is 1.29. The zero-order valence-corrected chi connectivity index (χ0v) is 16.0. The number of esters is 1. The van der Waals surface area contributed by atoms with E-state index < -0.39 is 0 Å². The number of aryl methyl sites for hydroxylation is 2. The Morgan fingerprint density at radius 2 is 1.73 bits per heavy atom. The summed E-state index contributed by atoms with van der Waals surface area (Å²) in [5.41, 5.74) is 0.768. The van der Waals surface area contributed by atoms with Gasteiger partial charge < -0.3 is 14.2 Å². The summed E-state index contributed by atoms with van der Waals surface area (Å²) in [6.07, 6.45) is 0. The van der Waals surface area contributed by atoms with Crippen molar-refractivity contribution in [1.82, 2.24) is 9.97 Å². The lowest BCUT2D eigenvalue weighted by atomic mass is 10.2. The Balaban J connectivity index is 2.00. The van der Waals surface area contributed by atoms with E-state index in [-0.39, 0.29) is 5.97 Å². The number of rotatable bonds is 6. The fraction of sp³-hybridized carbons (Fsp3) is 0.316. The van der Waals surface area contributed by atoms with Gasteiger partial charge in [0.15, 0.2) is 0 Å². The smallest absolute Gasteiger partial charge is 0.348 e.